The van der Waals surface area contributed by atoms with Crippen LogP contribution in [0.1, 0.15) is 30.7 Å². The zero-order valence-corrected chi connectivity index (χ0v) is 17.2. The van der Waals surface area contributed by atoms with Gasteiger partial charge in [0, 0.05) is 19.2 Å². The molecule has 0 aliphatic carbocycles. The topological polar surface area (TPSA) is 65.8 Å². The number of amides is 2. The molecule has 0 unspecified atom stereocenters. The van der Waals surface area contributed by atoms with E-state index < -0.39 is 11.8 Å². The van der Waals surface area contributed by atoms with Crippen LogP contribution in [-0.2, 0) is 9.59 Å². The lowest BCUT2D eigenvalue weighted by atomic mass is 10.1. The second-order valence-corrected chi connectivity index (χ2v) is 6.98. The summed E-state index contributed by atoms with van der Waals surface area (Å²) in [6, 6.07) is 9.27. The molecule has 2 amide bonds. The van der Waals surface area contributed by atoms with Crippen molar-refractivity contribution in [2.24, 2.45) is 0 Å². The summed E-state index contributed by atoms with van der Waals surface area (Å²) in [5.41, 5.74) is 2.60. The van der Waals surface area contributed by atoms with Crippen molar-refractivity contribution >= 4 is 46.8 Å². The Morgan fingerprint density at radius 3 is 2.50 bits per heavy atom. The first-order valence-corrected chi connectivity index (χ1v) is 9.60. The lowest BCUT2D eigenvalue weighted by molar-refractivity contribution is -0.122. The van der Waals surface area contributed by atoms with Crippen LogP contribution < -0.4 is 15.1 Å². The number of hydrogen-bond donors (Lipinski definition) is 1. The number of hydrogen-bond acceptors (Lipinski definition) is 5. The number of nitrogens with one attached hydrogen (secondary N) is 1. The number of aryl methyl sites for hydroxylation is 2. The highest BCUT2D eigenvalue weighted by molar-refractivity contribution is 7.80. The van der Waals surface area contributed by atoms with E-state index in [0.717, 1.165) is 24.2 Å². The van der Waals surface area contributed by atoms with Crippen molar-refractivity contribution in [1.29, 1.82) is 0 Å². The average Bonchev–Trinajstić information content (AvgIpc) is 3.10. The summed E-state index contributed by atoms with van der Waals surface area (Å²) in [6.07, 6.45) is 1.46. The highest BCUT2D eigenvalue weighted by Gasteiger charge is 2.35. The standard InChI is InChI=1S/C21H23N3O3S/c1-5-23(6-2)18-10-8-15(27-18)12-16-19(25)22-21(28)24(20(16)26)17-9-7-13(3)11-14(17)4/h7-12H,5-6H2,1-4H3,(H,22,25,28)/b16-12+. The molecule has 146 valence electrons. The smallest absolute Gasteiger partial charge is 0.270 e. The van der Waals surface area contributed by atoms with E-state index in [2.05, 4.69) is 5.32 Å². The third-order valence-electron chi connectivity index (χ3n) is 4.67. The average molecular weight is 398 g/mol. The predicted molar refractivity (Wildman–Crippen MR) is 114 cm³/mol. The highest BCUT2D eigenvalue weighted by Crippen LogP contribution is 2.27. The minimum Gasteiger partial charge on any atom is -0.441 e. The van der Waals surface area contributed by atoms with Crippen LogP contribution >= 0.6 is 12.2 Å². The zero-order chi connectivity index (χ0) is 20.4. The Balaban J connectivity index is 1.97. The van der Waals surface area contributed by atoms with Crippen molar-refractivity contribution < 1.29 is 14.0 Å². The fraction of sp³-hybridized carbons (Fsp3) is 0.286. The molecule has 1 aliphatic heterocycles. The van der Waals surface area contributed by atoms with Crippen molar-refractivity contribution in [3.63, 3.8) is 0 Å². The summed E-state index contributed by atoms with van der Waals surface area (Å²) in [4.78, 5) is 28.9. The van der Waals surface area contributed by atoms with E-state index in [4.69, 9.17) is 16.6 Å². The number of rotatable bonds is 5. The Kier molecular flexibility index (Phi) is 5.65. The van der Waals surface area contributed by atoms with Gasteiger partial charge in [-0.25, -0.2) is 0 Å². The van der Waals surface area contributed by atoms with Gasteiger partial charge in [-0.05, 0) is 63.7 Å². The molecule has 0 spiro atoms. The fourth-order valence-electron chi connectivity index (χ4n) is 3.20. The van der Waals surface area contributed by atoms with Crippen LogP contribution in [0.2, 0.25) is 0 Å². The lowest BCUT2D eigenvalue weighted by Gasteiger charge is -2.30. The SMILES string of the molecule is CCN(CC)c1ccc(/C=C2\C(=O)NC(=S)N(c3ccc(C)cc3C)C2=O)o1. The van der Waals surface area contributed by atoms with E-state index >= 15 is 0 Å². The van der Waals surface area contributed by atoms with Crippen molar-refractivity contribution in [3.8, 4) is 0 Å². The van der Waals surface area contributed by atoms with Crippen molar-refractivity contribution in [3.05, 3.63) is 52.8 Å². The normalized spacial score (nSPS) is 15.9. The third-order valence-corrected chi connectivity index (χ3v) is 4.95. The molecule has 1 N–H and O–H groups in total. The van der Waals surface area contributed by atoms with Crippen LogP contribution in [0.4, 0.5) is 11.6 Å². The van der Waals surface area contributed by atoms with Crippen LogP contribution in [0.25, 0.3) is 6.08 Å². The van der Waals surface area contributed by atoms with Gasteiger partial charge in [0.15, 0.2) is 11.0 Å². The number of thiocarbonyl (C=S) groups is 1. The molecule has 1 saturated heterocycles. The molecule has 0 saturated carbocycles. The molecule has 1 aromatic carbocycles. The second kappa shape index (κ2) is 7.98. The number of carbonyl (C=O) groups excluding carboxylic acids is 2. The van der Waals surface area contributed by atoms with Crippen molar-refractivity contribution in [2.45, 2.75) is 27.7 Å². The van der Waals surface area contributed by atoms with Crippen LogP contribution in [-0.4, -0.2) is 30.0 Å². The molecule has 0 radical (unpaired) electrons. The van der Waals surface area contributed by atoms with Gasteiger partial charge in [0.05, 0.1) is 5.69 Å². The molecule has 0 bridgehead atoms. The molecule has 7 heteroatoms. The van der Waals surface area contributed by atoms with Crippen molar-refractivity contribution in [2.75, 3.05) is 22.9 Å². The maximum atomic E-state index is 13.1. The van der Waals surface area contributed by atoms with E-state index in [1.807, 2.05) is 56.9 Å². The van der Waals surface area contributed by atoms with Gasteiger partial charge in [-0.3, -0.25) is 19.8 Å². The van der Waals surface area contributed by atoms with Gasteiger partial charge in [0.1, 0.15) is 11.3 Å². The summed E-state index contributed by atoms with van der Waals surface area (Å²) >= 11 is 5.26. The maximum absolute atomic E-state index is 13.1. The van der Waals surface area contributed by atoms with E-state index in [-0.39, 0.29) is 10.7 Å². The molecular weight excluding hydrogens is 374 g/mol. The number of nitrogens with zero attached hydrogens (tertiary/aromatic N) is 2. The van der Waals surface area contributed by atoms with E-state index in [1.54, 1.807) is 6.07 Å². The largest absolute Gasteiger partial charge is 0.441 e. The zero-order valence-electron chi connectivity index (χ0n) is 16.4. The van der Waals surface area contributed by atoms with Gasteiger partial charge in [-0.2, -0.15) is 0 Å². The monoisotopic (exact) mass is 397 g/mol. The fourth-order valence-corrected chi connectivity index (χ4v) is 3.47. The molecule has 3 rings (SSSR count). The van der Waals surface area contributed by atoms with Gasteiger partial charge in [-0.1, -0.05) is 17.7 Å². The molecular formula is C21H23N3O3S. The van der Waals surface area contributed by atoms with Crippen molar-refractivity contribution in [1.82, 2.24) is 5.32 Å². The summed E-state index contributed by atoms with van der Waals surface area (Å²) in [5.74, 6) is 0.134. The van der Waals surface area contributed by atoms with Crippen LogP contribution in [0.5, 0.6) is 0 Å². The molecule has 1 aromatic heterocycles. The first-order valence-electron chi connectivity index (χ1n) is 9.19. The summed E-state index contributed by atoms with van der Waals surface area (Å²) in [6.45, 7) is 9.55. The van der Waals surface area contributed by atoms with Crippen LogP contribution in [0, 0.1) is 13.8 Å². The van der Waals surface area contributed by atoms with Crippen LogP contribution in [0.15, 0.2) is 40.3 Å². The minimum absolute atomic E-state index is 0.0194. The van der Waals surface area contributed by atoms with Gasteiger partial charge in [0.25, 0.3) is 11.8 Å². The summed E-state index contributed by atoms with van der Waals surface area (Å²) in [5, 5.41) is 2.67. The Bertz CT molecular complexity index is 973. The van der Waals surface area contributed by atoms with Gasteiger partial charge < -0.3 is 9.32 Å². The number of anilines is 2. The van der Waals surface area contributed by atoms with Gasteiger partial charge >= 0.3 is 0 Å². The predicted octanol–water partition coefficient (Wildman–Crippen LogP) is 3.57. The molecule has 0 atom stereocenters. The highest BCUT2D eigenvalue weighted by atomic mass is 32.1. The molecule has 6 nitrogen and oxygen atoms in total. The molecule has 28 heavy (non-hydrogen) atoms. The van der Waals surface area contributed by atoms with E-state index in [0.29, 0.717) is 17.3 Å². The number of carbonyl (C=O) groups is 2. The summed E-state index contributed by atoms with van der Waals surface area (Å²) < 4.78 is 5.80. The number of benzene rings is 1. The number of furan rings is 1. The Hall–Kier alpha value is -2.93. The molecule has 2 aromatic rings. The van der Waals surface area contributed by atoms with Crippen LogP contribution in [0.3, 0.4) is 0 Å². The Morgan fingerprint density at radius 1 is 1.14 bits per heavy atom. The molecule has 1 aliphatic rings. The first-order chi connectivity index (χ1) is 13.3. The summed E-state index contributed by atoms with van der Waals surface area (Å²) in [7, 11) is 0. The Morgan fingerprint density at radius 2 is 1.86 bits per heavy atom. The minimum atomic E-state index is -0.531. The van der Waals surface area contributed by atoms with Gasteiger partial charge in [-0.15, -0.1) is 0 Å². The third kappa shape index (κ3) is 3.71. The first kappa shape index (κ1) is 19.8. The molecule has 1 fully saturated rings. The molecule has 2 heterocycles. The van der Waals surface area contributed by atoms with E-state index in [1.165, 1.54) is 11.0 Å². The Labute approximate surface area is 169 Å². The van der Waals surface area contributed by atoms with Gasteiger partial charge in [0.2, 0.25) is 0 Å². The quantitative estimate of drug-likeness (QED) is 0.475. The van der Waals surface area contributed by atoms with E-state index in [9.17, 15) is 9.59 Å². The lowest BCUT2D eigenvalue weighted by Crippen LogP contribution is -2.54. The maximum Gasteiger partial charge on any atom is 0.270 e. The second-order valence-electron chi connectivity index (χ2n) is 6.60.